The van der Waals surface area contributed by atoms with Crippen LogP contribution in [0.15, 0.2) is 0 Å². The molecule has 4 aliphatic rings. The SMILES string of the molecule is C[C@@]12CC[C@H]3C4CCC[C@@](C)(C(=O)O)[C@H]4CC[C@]3(CC1=O)C2. The average Bonchev–Trinajstić information content (AvgIpc) is 2.64. The zero-order valence-electron chi connectivity index (χ0n) is 13.9. The summed E-state index contributed by atoms with van der Waals surface area (Å²) in [5.41, 5.74) is -0.371. The average molecular weight is 304 g/mol. The first-order valence-electron chi connectivity index (χ1n) is 9.08. The van der Waals surface area contributed by atoms with Gasteiger partial charge < -0.3 is 5.11 Å². The molecule has 0 saturated heterocycles. The van der Waals surface area contributed by atoms with E-state index in [4.69, 9.17) is 0 Å². The number of carbonyl (C=O) groups is 2. The summed E-state index contributed by atoms with van der Waals surface area (Å²) in [6.45, 7) is 4.16. The van der Waals surface area contributed by atoms with Gasteiger partial charge in [-0.1, -0.05) is 13.3 Å². The number of fused-ring (bicyclic) bond motifs is 3. The van der Waals surface area contributed by atoms with Crippen LogP contribution >= 0.6 is 0 Å². The molecule has 0 aromatic rings. The number of hydrogen-bond acceptors (Lipinski definition) is 2. The molecule has 4 aliphatic carbocycles. The molecule has 6 atom stereocenters. The van der Waals surface area contributed by atoms with Gasteiger partial charge in [0.25, 0.3) is 0 Å². The number of rotatable bonds is 1. The van der Waals surface area contributed by atoms with Crippen LogP contribution in [0, 0.1) is 34.0 Å². The number of ketones is 1. The molecule has 1 unspecified atom stereocenters. The smallest absolute Gasteiger partial charge is 0.309 e. The summed E-state index contributed by atoms with van der Waals surface area (Å²) >= 11 is 0. The number of Topliss-reactive ketones (excluding diaryl/α,β-unsaturated/α-hetero) is 1. The molecule has 1 N–H and O–H groups in total. The Labute approximate surface area is 132 Å². The van der Waals surface area contributed by atoms with Crippen LogP contribution in [-0.4, -0.2) is 16.9 Å². The van der Waals surface area contributed by atoms with Crippen molar-refractivity contribution in [3.05, 3.63) is 0 Å². The minimum atomic E-state index is -0.596. The Morgan fingerprint density at radius 2 is 1.82 bits per heavy atom. The molecular weight excluding hydrogens is 276 g/mol. The van der Waals surface area contributed by atoms with Crippen molar-refractivity contribution in [2.24, 2.45) is 34.0 Å². The van der Waals surface area contributed by atoms with E-state index in [2.05, 4.69) is 6.92 Å². The van der Waals surface area contributed by atoms with Gasteiger partial charge in [0.1, 0.15) is 5.78 Å². The zero-order chi connectivity index (χ0) is 15.8. The quantitative estimate of drug-likeness (QED) is 0.795. The van der Waals surface area contributed by atoms with E-state index < -0.39 is 11.4 Å². The fourth-order valence-corrected chi connectivity index (χ4v) is 7.06. The maximum Gasteiger partial charge on any atom is 0.309 e. The third kappa shape index (κ3) is 1.68. The Morgan fingerprint density at radius 3 is 2.55 bits per heavy atom. The van der Waals surface area contributed by atoms with Crippen molar-refractivity contribution >= 4 is 11.8 Å². The van der Waals surface area contributed by atoms with E-state index in [0.717, 1.165) is 51.4 Å². The standard InChI is InChI=1S/C19H28O3/c1-17-8-5-14-12-4-3-7-18(2,16(21)22)13(12)6-9-19(14,11-17)10-15(17)20/h12-14H,3-11H2,1-2H3,(H,21,22)/t12?,13-,14-,17-,18+,19-/m0/s1. The molecule has 0 aromatic carbocycles. The van der Waals surface area contributed by atoms with Crippen LogP contribution in [0.2, 0.25) is 0 Å². The molecule has 0 aliphatic heterocycles. The van der Waals surface area contributed by atoms with E-state index in [1.54, 1.807) is 0 Å². The van der Waals surface area contributed by atoms with Crippen LogP contribution in [0.1, 0.15) is 71.6 Å². The lowest BCUT2D eigenvalue weighted by molar-refractivity contribution is -0.165. The Hall–Kier alpha value is -0.860. The maximum absolute atomic E-state index is 12.5. The number of carboxylic acid groups (broad SMARTS) is 1. The van der Waals surface area contributed by atoms with Crippen molar-refractivity contribution in [1.29, 1.82) is 0 Å². The summed E-state index contributed by atoms with van der Waals surface area (Å²) in [4.78, 5) is 24.4. The normalized spacial score (nSPS) is 53.7. The number of carboxylic acids is 1. The molecule has 22 heavy (non-hydrogen) atoms. The Morgan fingerprint density at radius 1 is 1.09 bits per heavy atom. The Kier molecular flexibility index (Phi) is 2.92. The second-order valence-electron chi connectivity index (χ2n) is 9.27. The summed E-state index contributed by atoms with van der Waals surface area (Å²) in [5, 5.41) is 9.79. The lowest BCUT2D eigenvalue weighted by Crippen LogP contribution is -2.53. The van der Waals surface area contributed by atoms with Gasteiger partial charge in [0, 0.05) is 11.8 Å². The predicted molar refractivity (Wildman–Crippen MR) is 83.3 cm³/mol. The zero-order valence-corrected chi connectivity index (χ0v) is 13.9. The van der Waals surface area contributed by atoms with Crippen LogP contribution in [0.3, 0.4) is 0 Å². The molecule has 3 heteroatoms. The van der Waals surface area contributed by atoms with Crippen molar-refractivity contribution in [3.8, 4) is 0 Å². The molecule has 4 saturated carbocycles. The molecule has 3 nitrogen and oxygen atoms in total. The first-order chi connectivity index (χ1) is 10.3. The fourth-order valence-electron chi connectivity index (χ4n) is 7.06. The maximum atomic E-state index is 12.5. The lowest BCUT2D eigenvalue weighted by atomic mass is 9.46. The first-order valence-corrected chi connectivity index (χ1v) is 9.08. The number of hydrogen-bond donors (Lipinski definition) is 1. The Balaban J connectivity index is 1.69. The highest BCUT2D eigenvalue weighted by atomic mass is 16.4. The fraction of sp³-hybridized carbons (Fsp3) is 0.895. The predicted octanol–water partition coefficient (Wildman–Crippen LogP) is 4.05. The Bertz CT molecular complexity index is 541. The van der Waals surface area contributed by atoms with Crippen molar-refractivity contribution in [2.75, 3.05) is 0 Å². The van der Waals surface area contributed by atoms with Gasteiger partial charge in [-0.15, -0.1) is 0 Å². The monoisotopic (exact) mass is 304 g/mol. The van der Waals surface area contributed by atoms with E-state index >= 15 is 0 Å². The summed E-state index contributed by atoms with van der Waals surface area (Å²) in [6, 6.07) is 0. The van der Waals surface area contributed by atoms with Gasteiger partial charge >= 0.3 is 5.97 Å². The molecule has 2 bridgehead atoms. The minimum absolute atomic E-state index is 0.0614. The van der Waals surface area contributed by atoms with Crippen molar-refractivity contribution in [3.63, 3.8) is 0 Å². The molecule has 0 amide bonds. The molecule has 0 aromatic heterocycles. The second-order valence-corrected chi connectivity index (χ2v) is 9.27. The molecule has 1 spiro atoms. The van der Waals surface area contributed by atoms with Gasteiger partial charge in [-0.05, 0) is 75.0 Å². The highest BCUT2D eigenvalue weighted by molar-refractivity contribution is 5.88. The van der Waals surface area contributed by atoms with Gasteiger partial charge in [-0.2, -0.15) is 0 Å². The second kappa shape index (κ2) is 4.36. The van der Waals surface area contributed by atoms with Crippen LogP contribution < -0.4 is 0 Å². The summed E-state index contributed by atoms with van der Waals surface area (Å²) in [7, 11) is 0. The van der Waals surface area contributed by atoms with Crippen LogP contribution in [-0.2, 0) is 9.59 Å². The van der Waals surface area contributed by atoms with Crippen LogP contribution in [0.5, 0.6) is 0 Å². The van der Waals surface area contributed by atoms with E-state index in [-0.39, 0.29) is 10.8 Å². The minimum Gasteiger partial charge on any atom is -0.481 e. The van der Waals surface area contributed by atoms with E-state index in [1.165, 1.54) is 6.42 Å². The third-order valence-electron chi connectivity index (χ3n) is 8.25. The molecular formula is C19H28O3. The van der Waals surface area contributed by atoms with E-state index in [0.29, 0.717) is 23.5 Å². The number of carbonyl (C=O) groups excluding carboxylic acids is 1. The topological polar surface area (TPSA) is 54.4 Å². The largest absolute Gasteiger partial charge is 0.481 e. The van der Waals surface area contributed by atoms with Gasteiger partial charge in [-0.25, -0.2) is 0 Å². The highest BCUT2D eigenvalue weighted by Crippen LogP contribution is 2.68. The van der Waals surface area contributed by atoms with Gasteiger partial charge in [0.15, 0.2) is 0 Å². The molecule has 4 fully saturated rings. The molecule has 122 valence electrons. The molecule has 0 radical (unpaired) electrons. The highest BCUT2D eigenvalue weighted by Gasteiger charge is 2.64. The first kappa shape index (κ1) is 14.7. The molecule has 4 rings (SSSR count). The van der Waals surface area contributed by atoms with E-state index in [9.17, 15) is 14.7 Å². The third-order valence-corrected chi connectivity index (χ3v) is 8.25. The number of aliphatic carboxylic acids is 1. The summed E-state index contributed by atoms with van der Waals surface area (Å²) in [5.74, 6) is 1.37. The molecule has 0 heterocycles. The van der Waals surface area contributed by atoms with Gasteiger partial charge in [0.2, 0.25) is 0 Å². The van der Waals surface area contributed by atoms with Crippen LogP contribution in [0.4, 0.5) is 0 Å². The van der Waals surface area contributed by atoms with Gasteiger partial charge in [-0.3, -0.25) is 9.59 Å². The van der Waals surface area contributed by atoms with Gasteiger partial charge in [0.05, 0.1) is 5.41 Å². The summed E-state index contributed by atoms with van der Waals surface area (Å²) in [6.07, 6.45) is 9.21. The lowest BCUT2D eigenvalue weighted by Gasteiger charge is -2.58. The van der Waals surface area contributed by atoms with Crippen LogP contribution in [0.25, 0.3) is 0 Å². The van der Waals surface area contributed by atoms with E-state index in [1.807, 2.05) is 6.92 Å². The van der Waals surface area contributed by atoms with Crippen molar-refractivity contribution < 1.29 is 14.7 Å². The van der Waals surface area contributed by atoms with Crippen molar-refractivity contribution in [2.45, 2.75) is 71.6 Å². The summed E-state index contributed by atoms with van der Waals surface area (Å²) < 4.78 is 0. The van der Waals surface area contributed by atoms with Crippen molar-refractivity contribution in [1.82, 2.24) is 0 Å².